The number of hydrogen-bond donors (Lipinski definition) is 2. The number of benzene rings is 1. The van der Waals surface area contributed by atoms with E-state index >= 15 is 0 Å². The molecule has 0 saturated carbocycles. The predicted octanol–water partition coefficient (Wildman–Crippen LogP) is 3.57. The van der Waals surface area contributed by atoms with Crippen molar-refractivity contribution in [2.24, 2.45) is 4.99 Å². The first kappa shape index (κ1) is 20.3. The van der Waals surface area contributed by atoms with Crippen molar-refractivity contribution < 1.29 is 17.7 Å². The molecule has 2 rings (SSSR count). The van der Waals surface area contributed by atoms with E-state index in [-0.39, 0.29) is 30.5 Å². The lowest BCUT2D eigenvalue weighted by Gasteiger charge is -2.10. The third kappa shape index (κ3) is 6.38. The predicted molar refractivity (Wildman–Crippen MR) is 95.0 cm³/mol. The summed E-state index contributed by atoms with van der Waals surface area (Å²) in [5.74, 6) is 0.551. The van der Waals surface area contributed by atoms with Gasteiger partial charge >= 0.3 is 6.18 Å². The zero-order valence-electron chi connectivity index (χ0n) is 12.9. The van der Waals surface area contributed by atoms with Crippen LogP contribution in [0.15, 0.2) is 46.1 Å². The molecule has 1 aromatic heterocycles. The van der Waals surface area contributed by atoms with Gasteiger partial charge < -0.3 is 15.2 Å². The van der Waals surface area contributed by atoms with Gasteiger partial charge in [-0.05, 0) is 24.6 Å². The molecule has 0 aliphatic rings. The maximum atomic E-state index is 12.5. The maximum absolute atomic E-state index is 12.5. The highest BCUT2D eigenvalue weighted by Gasteiger charge is 2.29. The first-order valence-electron chi connectivity index (χ1n) is 7.06. The van der Waals surface area contributed by atoms with Crippen molar-refractivity contribution in [3.8, 4) is 0 Å². The molecule has 0 spiro atoms. The summed E-state index contributed by atoms with van der Waals surface area (Å²) in [6.07, 6.45) is -2.85. The maximum Gasteiger partial charge on any atom is 0.416 e. The number of alkyl halides is 3. The number of nitrogens with one attached hydrogen (secondary N) is 2. The van der Waals surface area contributed by atoms with Crippen LogP contribution in [0.4, 0.5) is 13.2 Å². The van der Waals surface area contributed by atoms with Gasteiger partial charge in [0, 0.05) is 12.6 Å². The molecule has 0 aliphatic carbocycles. The van der Waals surface area contributed by atoms with Gasteiger partial charge in [-0.1, -0.05) is 17.3 Å². The highest BCUT2D eigenvalue weighted by atomic mass is 127. The first-order valence-corrected chi connectivity index (χ1v) is 7.06. The highest BCUT2D eigenvalue weighted by molar-refractivity contribution is 14.0. The number of rotatable bonds is 5. The Morgan fingerprint density at radius 2 is 1.88 bits per heavy atom. The molecule has 9 heteroatoms. The van der Waals surface area contributed by atoms with E-state index < -0.39 is 11.7 Å². The summed E-state index contributed by atoms with van der Waals surface area (Å²) in [4.78, 5) is 4.33. The minimum absolute atomic E-state index is 0. The van der Waals surface area contributed by atoms with Crippen LogP contribution in [-0.4, -0.2) is 17.7 Å². The summed E-state index contributed by atoms with van der Waals surface area (Å²) >= 11 is 0. The molecule has 0 aliphatic heterocycles. The van der Waals surface area contributed by atoms with Gasteiger partial charge in [-0.2, -0.15) is 13.2 Å². The van der Waals surface area contributed by atoms with Crippen molar-refractivity contribution in [1.82, 2.24) is 15.8 Å². The monoisotopic (exact) mass is 454 g/mol. The van der Waals surface area contributed by atoms with Gasteiger partial charge in [0.25, 0.3) is 0 Å². The third-order valence-corrected chi connectivity index (χ3v) is 2.97. The van der Waals surface area contributed by atoms with Crippen molar-refractivity contribution in [3.63, 3.8) is 0 Å². The fourth-order valence-electron chi connectivity index (χ4n) is 1.81. The van der Waals surface area contributed by atoms with E-state index in [0.29, 0.717) is 24.6 Å². The van der Waals surface area contributed by atoms with Crippen molar-refractivity contribution in [1.29, 1.82) is 0 Å². The Bertz CT molecular complexity index is 627. The van der Waals surface area contributed by atoms with E-state index in [2.05, 4.69) is 20.8 Å². The fraction of sp³-hybridized carbons (Fsp3) is 0.333. The summed E-state index contributed by atoms with van der Waals surface area (Å²) in [6, 6.07) is 6.69. The average molecular weight is 454 g/mol. The Balaban J connectivity index is 0.00000288. The van der Waals surface area contributed by atoms with E-state index in [4.69, 9.17) is 4.52 Å². The highest BCUT2D eigenvalue weighted by Crippen LogP contribution is 2.29. The molecule has 0 radical (unpaired) electrons. The molecule has 2 aromatic rings. The summed E-state index contributed by atoms with van der Waals surface area (Å²) in [7, 11) is 0. The second-order valence-electron chi connectivity index (χ2n) is 4.73. The molecule has 0 amide bonds. The molecular formula is C15H18F3IN4O. The quantitative estimate of drug-likeness (QED) is 0.412. The summed E-state index contributed by atoms with van der Waals surface area (Å²) in [6.45, 7) is 3.30. The fourth-order valence-corrected chi connectivity index (χ4v) is 1.81. The van der Waals surface area contributed by atoms with E-state index in [0.717, 1.165) is 17.8 Å². The molecule has 0 atom stereocenters. The zero-order valence-corrected chi connectivity index (χ0v) is 15.3. The summed E-state index contributed by atoms with van der Waals surface area (Å²) in [5, 5.41) is 9.89. The lowest BCUT2D eigenvalue weighted by atomic mass is 10.1. The molecule has 0 unspecified atom stereocenters. The van der Waals surface area contributed by atoms with Crippen LogP contribution in [0.1, 0.15) is 23.7 Å². The van der Waals surface area contributed by atoms with E-state index in [1.54, 1.807) is 6.07 Å². The van der Waals surface area contributed by atoms with Crippen LogP contribution < -0.4 is 10.6 Å². The smallest absolute Gasteiger partial charge is 0.364 e. The molecule has 2 N–H and O–H groups in total. The Labute approximate surface area is 154 Å². The molecule has 1 heterocycles. The summed E-state index contributed by atoms with van der Waals surface area (Å²) < 4.78 is 42.3. The van der Waals surface area contributed by atoms with E-state index in [1.165, 1.54) is 18.4 Å². The van der Waals surface area contributed by atoms with Crippen molar-refractivity contribution in [3.05, 3.63) is 53.4 Å². The molecule has 0 fully saturated rings. The van der Waals surface area contributed by atoms with Crippen LogP contribution >= 0.6 is 24.0 Å². The number of guanidine groups is 1. The average Bonchev–Trinajstić information content (AvgIpc) is 3.03. The van der Waals surface area contributed by atoms with Crippen LogP contribution in [0, 0.1) is 0 Å². The zero-order chi connectivity index (χ0) is 16.7. The minimum Gasteiger partial charge on any atom is -0.364 e. The van der Waals surface area contributed by atoms with Crippen LogP contribution in [0.25, 0.3) is 0 Å². The van der Waals surface area contributed by atoms with Gasteiger partial charge in [0.2, 0.25) is 0 Å². The molecule has 5 nitrogen and oxygen atoms in total. The second-order valence-corrected chi connectivity index (χ2v) is 4.73. The minimum atomic E-state index is -4.32. The molecular weight excluding hydrogens is 436 g/mol. The standard InChI is InChI=1S/C15H17F3N4O.HI/c1-2-19-14(21-10-13-7-8-23-22-13)20-9-11-3-5-12(6-4-11)15(16,17)18;/h3-8H,2,9-10H2,1H3,(H2,19,20,21);1H. The molecule has 1 aromatic carbocycles. The number of aliphatic imine (C=N–C) groups is 1. The van der Waals surface area contributed by atoms with Crippen LogP contribution in [0.3, 0.4) is 0 Å². The molecule has 0 saturated heterocycles. The first-order chi connectivity index (χ1) is 11.0. The Hall–Kier alpha value is -1.78. The number of hydrogen-bond acceptors (Lipinski definition) is 3. The molecule has 132 valence electrons. The Morgan fingerprint density at radius 3 is 2.42 bits per heavy atom. The largest absolute Gasteiger partial charge is 0.416 e. The Morgan fingerprint density at radius 1 is 1.17 bits per heavy atom. The van der Waals surface area contributed by atoms with Gasteiger partial charge in [0.15, 0.2) is 5.96 Å². The number of nitrogens with zero attached hydrogens (tertiary/aromatic N) is 2. The lowest BCUT2D eigenvalue weighted by molar-refractivity contribution is -0.137. The van der Waals surface area contributed by atoms with Crippen molar-refractivity contribution in [2.75, 3.05) is 6.54 Å². The van der Waals surface area contributed by atoms with Gasteiger partial charge in [-0.25, -0.2) is 4.99 Å². The molecule has 0 bridgehead atoms. The lowest BCUT2D eigenvalue weighted by Crippen LogP contribution is -2.36. The Kier molecular flexibility index (Phi) is 8.02. The number of halogens is 4. The van der Waals surface area contributed by atoms with E-state index in [9.17, 15) is 13.2 Å². The van der Waals surface area contributed by atoms with Crippen LogP contribution in [-0.2, 0) is 19.3 Å². The van der Waals surface area contributed by atoms with Gasteiger partial charge in [-0.15, -0.1) is 24.0 Å². The van der Waals surface area contributed by atoms with E-state index in [1.807, 2.05) is 6.92 Å². The van der Waals surface area contributed by atoms with Crippen molar-refractivity contribution >= 4 is 29.9 Å². The second kappa shape index (κ2) is 9.50. The van der Waals surface area contributed by atoms with Crippen molar-refractivity contribution in [2.45, 2.75) is 26.2 Å². The van der Waals surface area contributed by atoms with Crippen LogP contribution in [0.2, 0.25) is 0 Å². The van der Waals surface area contributed by atoms with Gasteiger partial charge in [0.1, 0.15) is 12.0 Å². The number of aromatic nitrogens is 1. The summed E-state index contributed by atoms with van der Waals surface area (Å²) in [5.41, 5.74) is 0.753. The normalized spacial score (nSPS) is 11.8. The topological polar surface area (TPSA) is 62.5 Å². The van der Waals surface area contributed by atoms with Gasteiger partial charge in [0.05, 0.1) is 18.7 Å². The van der Waals surface area contributed by atoms with Gasteiger partial charge in [-0.3, -0.25) is 0 Å². The SMILES string of the molecule is CCNC(=NCc1ccc(C(F)(F)F)cc1)NCc1ccon1.I. The third-order valence-electron chi connectivity index (χ3n) is 2.97. The van der Waals surface area contributed by atoms with Crippen LogP contribution in [0.5, 0.6) is 0 Å². The molecule has 24 heavy (non-hydrogen) atoms.